The van der Waals surface area contributed by atoms with Crippen LogP contribution in [-0.4, -0.2) is 30.9 Å². The van der Waals surface area contributed by atoms with Crippen molar-refractivity contribution in [3.8, 4) is 22.4 Å². The van der Waals surface area contributed by atoms with E-state index in [-0.39, 0.29) is 17.1 Å². The Labute approximate surface area is 144 Å². The first-order valence-corrected chi connectivity index (χ1v) is 9.31. The molecule has 0 unspecified atom stereocenters. The summed E-state index contributed by atoms with van der Waals surface area (Å²) >= 11 is 0. The lowest BCUT2D eigenvalue weighted by Gasteiger charge is -2.05. The largest absolute Gasteiger partial charge is 0.481 e. The summed E-state index contributed by atoms with van der Waals surface area (Å²) < 4.78 is 28.5. The first-order chi connectivity index (χ1) is 11.9. The minimum atomic E-state index is -3.31. The molecule has 0 aliphatic rings. The van der Waals surface area contributed by atoms with E-state index in [0.717, 1.165) is 11.8 Å². The molecule has 1 N–H and O–H groups in total. The van der Waals surface area contributed by atoms with Gasteiger partial charge >= 0.3 is 5.97 Å². The number of carbonyl (C=O) groups is 1. The molecule has 0 saturated carbocycles. The minimum Gasteiger partial charge on any atom is -0.481 e. The third-order valence-corrected chi connectivity index (χ3v) is 4.82. The van der Waals surface area contributed by atoms with Crippen LogP contribution in [0.2, 0.25) is 0 Å². The van der Waals surface area contributed by atoms with E-state index in [0.29, 0.717) is 16.8 Å². The Balaban J connectivity index is 2.15. The first-order valence-electron chi connectivity index (χ1n) is 7.42. The topological polar surface area (TPSA) is 97.5 Å². The molecule has 0 radical (unpaired) electrons. The van der Waals surface area contributed by atoms with Gasteiger partial charge in [0.25, 0.3) is 0 Å². The van der Waals surface area contributed by atoms with Crippen LogP contribution in [-0.2, 0) is 21.1 Å². The Hall–Kier alpha value is -2.93. The average Bonchev–Trinajstić information content (AvgIpc) is 2.98. The van der Waals surface area contributed by atoms with E-state index in [9.17, 15) is 13.2 Å². The van der Waals surface area contributed by atoms with Crippen molar-refractivity contribution in [2.45, 2.75) is 11.3 Å². The molecule has 0 saturated heterocycles. The number of aliphatic carboxylic acids is 1. The van der Waals surface area contributed by atoms with E-state index in [1.165, 1.54) is 12.1 Å². The van der Waals surface area contributed by atoms with Gasteiger partial charge in [-0.15, -0.1) is 0 Å². The van der Waals surface area contributed by atoms with Crippen LogP contribution in [0.5, 0.6) is 0 Å². The summed E-state index contributed by atoms with van der Waals surface area (Å²) in [5.74, 6) is -0.816. The molecule has 3 aromatic rings. The van der Waals surface area contributed by atoms with Crippen LogP contribution in [0.25, 0.3) is 22.4 Å². The highest BCUT2D eigenvalue weighted by Gasteiger charge is 2.21. The normalized spacial score (nSPS) is 11.4. The smallest absolute Gasteiger partial charge is 0.311 e. The molecule has 0 aliphatic carbocycles. The van der Waals surface area contributed by atoms with Gasteiger partial charge in [-0.3, -0.25) is 4.79 Å². The Kier molecular flexibility index (Phi) is 4.41. The predicted octanol–water partition coefficient (Wildman–Crippen LogP) is 3.04. The predicted molar refractivity (Wildman–Crippen MR) is 91.8 cm³/mol. The number of hydrogen-bond acceptors (Lipinski definition) is 5. The number of carboxylic acids is 1. The molecule has 0 atom stereocenters. The number of benzene rings is 2. The van der Waals surface area contributed by atoms with Crippen LogP contribution in [0.4, 0.5) is 0 Å². The summed E-state index contributed by atoms with van der Waals surface area (Å²) in [7, 11) is -3.31. The van der Waals surface area contributed by atoms with Gasteiger partial charge < -0.3 is 9.63 Å². The highest BCUT2D eigenvalue weighted by atomic mass is 32.2. The maximum absolute atomic E-state index is 11.6. The minimum absolute atomic E-state index is 0.189. The van der Waals surface area contributed by atoms with Crippen molar-refractivity contribution in [1.29, 1.82) is 0 Å². The fourth-order valence-corrected chi connectivity index (χ4v) is 3.17. The fourth-order valence-electron chi connectivity index (χ4n) is 2.54. The third-order valence-electron chi connectivity index (χ3n) is 3.69. The first kappa shape index (κ1) is 16.9. The summed E-state index contributed by atoms with van der Waals surface area (Å²) in [4.78, 5) is 11.3. The monoisotopic (exact) mass is 357 g/mol. The van der Waals surface area contributed by atoms with Gasteiger partial charge in [0.05, 0.1) is 10.5 Å². The number of carboxylic acid groups (broad SMARTS) is 1. The highest BCUT2D eigenvalue weighted by Crippen LogP contribution is 2.35. The fraction of sp³-hybridized carbons (Fsp3) is 0.111. The van der Waals surface area contributed by atoms with Gasteiger partial charge in [0, 0.05) is 11.8 Å². The quantitative estimate of drug-likeness (QED) is 0.754. The number of rotatable bonds is 5. The van der Waals surface area contributed by atoms with Crippen molar-refractivity contribution in [3.63, 3.8) is 0 Å². The maximum atomic E-state index is 11.6. The zero-order chi connectivity index (χ0) is 18.0. The average molecular weight is 357 g/mol. The lowest BCUT2D eigenvalue weighted by molar-refractivity contribution is -0.136. The molecular weight excluding hydrogens is 342 g/mol. The summed E-state index contributed by atoms with van der Waals surface area (Å²) in [5, 5.41) is 13.1. The molecule has 1 aromatic heterocycles. The van der Waals surface area contributed by atoms with Crippen LogP contribution >= 0.6 is 0 Å². The van der Waals surface area contributed by atoms with Gasteiger partial charge in [-0.25, -0.2) is 8.42 Å². The molecule has 128 valence electrons. The van der Waals surface area contributed by atoms with Crippen molar-refractivity contribution in [3.05, 3.63) is 60.4 Å². The summed E-state index contributed by atoms with van der Waals surface area (Å²) in [6.07, 6.45) is 0.815. The lowest BCUT2D eigenvalue weighted by Crippen LogP contribution is -2.00. The maximum Gasteiger partial charge on any atom is 0.311 e. The van der Waals surface area contributed by atoms with E-state index >= 15 is 0 Å². The SMILES string of the molecule is CS(=O)(=O)c1ccc(-c2c(-c3ccccc3)noc2CC(=O)O)cc1. The van der Waals surface area contributed by atoms with Crippen LogP contribution in [0.1, 0.15) is 5.76 Å². The zero-order valence-electron chi connectivity index (χ0n) is 13.3. The molecule has 7 heteroatoms. The van der Waals surface area contributed by atoms with Gasteiger partial charge in [0.15, 0.2) is 15.6 Å². The van der Waals surface area contributed by atoms with E-state index in [1.807, 2.05) is 30.3 Å². The number of hydrogen-bond donors (Lipinski definition) is 1. The van der Waals surface area contributed by atoms with Gasteiger partial charge in [0.1, 0.15) is 12.1 Å². The van der Waals surface area contributed by atoms with Crippen molar-refractivity contribution >= 4 is 15.8 Å². The molecule has 0 spiro atoms. The van der Waals surface area contributed by atoms with Gasteiger partial charge in [-0.1, -0.05) is 47.6 Å². The van der Waals surface area contributed by atoms with E-state index in [1.54, 1.807) is 12.1 Å². The Morgan fingerprint density at radius 1 is 1.04 bits per heavy atom. The van der Waals surface area contributed by atoms with Crippen LogP contribution < -0.4 is 0 Å². The Morgan fingerprint density at radius 2 is 1.68 bits per heavy atom. The second kappa shape index (κ2) is 6.52. The Bertz CT molecular complexity index is 1010. The number of nitrogens with zero attached hydrogens (tertiary/aromatic N) is 1. The van der Waals surface area contributed by atoms with Gasteiger partial charge in [-0.05, 0) is 17.7 Å². The molecule has 6 nitrogen and oxygen atoms in total. The molecule has 2 aromatic carbocycles. The standard InChI is InChI=1S/C18H15NO5S/c1-25(22,23)14-9-7-12(8-10-14)17-15(11-16(20)21)24-19-18(17)13-5-3-2-4-6-13/h2-10H,11H2,1H3,(H,20,21). The molecular formula is C18H15NO5S. The molecule has 0 aliphatic heterocycles. The van der Waals surface area contributed by atoms with Crippen molar-refractivity contribution in [2.24, 2.45) is 0 Å². The van der Waals surface area contributed by atoms with E-state index < -0.39 is 15.8 Å². The van der Waals surface area contributed by atoms with Crippen molar-refractivity contribution < 1.29 is 22.8 Å². The molecule has 0 bridgehead atoms. The molecule has 0 fully saturated rings. The molecule has 25 heavy (non-hydrogen) atoms. The molecule has 0 amide bonds. The molecule has 3 rings (SSSR count). The van der Waals surface area contributed by atoms with Crippen LogP contribution in [0.3, 0.4) is 0 Å². The van der Waals surface area contributed by atoms with Crippen LogP contribution in [0, 0.1) is 0 Å². The third kappa shape index (κ3) is 3.61. The molecule has 1 heterocycles. The zero-order valence-corrected chi connectivity index (χ0v) is 14.2. The van der Waals surface area contributed by atoms with Gasteiger partial charge in [-0.2, -0.15) is 0 Å². The summed E-state index contributed by atoms with van der Waals surface area (Å²) in [5.41, 5.74) is 2.49. The number of aromatic nitrogens is 1. The van der Waals surface area contributed by atoms with Gasteiger partial charge in [0.2, 0.25) is 0 Å². The summed E-state index contributed by atoms with van der Waals surface area (Å²) in [6, 6.07) is 15.5. The van der Waals surface area contributed by atoms with Crippen molar-refractivity contribution in [1.82, 2.24) is 5.16 Å². The second-order valence-electron chi connectivity index (χ2n) is 5.56. The lowest BCUT2D eigenvalue weighted by atomic mass is 9.98. The highest BCUT2D eigenvalue weighted by molar-refractivity contribution is 7.90. The summed E-state index contributed by atoms with van der Waals surface area (Å²) in [6.45, 7) is 0. The van der Waals surface area contributed by atoms with Crippen molar-refractivity contribution in [2.75, 3.05) is 6.26 Å². The number of sulfone groups is 1. The van der Waals surface area contributed by atoms with Crippen LogP contribution in [0.15, 0.2) is 64.0 Å². The van der Waals surface area contributed by atoms with E-state index in [2.05, 4.69) is 5.16 Å². The second-order valence-corrected chi connectivity index (χ2v) is 7.58. The Morgan fingerprint density at radius 3 is 2.24 bits per heavy atom. The van der Waals surface area contributed by atoms with E-state index in [4.69, 9.17) is 9.63 Å².